The van der Waals surface area contributed by atoms with Crippen molar-refractivity contribution in [2.24, 2.45) is 5.84 Å². The summed E-state index contributed by atoms with van der Waals surface area (Å²) in [7, 11) is 0. The van der Waals surface area contributed by atoms with Crippen molar-refractivity contribution in [2.75, 3.05) is 0 Å². The van der Waals surface area contributed by atoms with Gasteiger partial charge in [-0.05, 0) is 6.07 Å². The maximum absolute atomic E-state index is 13.1. The van der Waals surface area contributed by atoms with Crippen molar-refractivity contribution >= 4 is 0 Å². The fourth-order valence-electron chi connectivity index (χ4n) is 1.05. The molecule has 3 N–H and O–H groups in total. The first-order valence-corrected chi connectivity index (χ1v) is 3.73. The van der Waals surface area contributed by atoms with Crippen molar-refractivity contribution in [2.45, 2.75) is 6.04 Å². The monoisotopic (exact) mass is 184 g/mol. The second-order valence-corrected chi connectivity index (χ2v) is 2.52. The quantitative estimate of drug-likeness (QED) is 0.426. The SMILES string of the molecule is C=CC(NN)c1cccc(F)c1F. The highest BCUT2D eigenvalue weighted by atomic mass is 19.2. The Morgan fingerprint density at radius 2 is 2.15 bits per heavy atom. The van der Waals surface area contributed by atoms with E-state index >= 15 is 0 Å². The Balaban J connectivity index is 3.13. The number of hydrazine groups is 1. The van der Waals surface area contributed by atoms with Crippen molar-refractivity contribution in [3.63, 3.8) is 0 Å². The molecular formula is C9H10F2N2. The van der Waals surface area contributed by atoms with Crippen molar-refractivity contribution in [1.82, 2.24) is 5.43 Å². The first-order valence-electron chi connectivity index (χ1n) is 3.73. The minimum Gasteiger partial charge on any atom is -0.271 e. The first-order chi connectivity index (χ1) is 6.20. The average molecular weight is 184 g/mol. The molecule has 13 heavy (non-hydrogen) atoms. The highest BCUT2D eigenvalue weighted by molar-refractivity contribution is 5.25. The van der Waals surface area contributed by atoms with Crippen LogP contribution in [0.15, 0.2) is 30.9 Å². The van der Waals surface area contributed by atoms with E-state index in [4.69, 9.17) is 5.84 Å². The van der Waals surface area contributed by atoms with Crippen LogP contribution in [0.1, 0.15) is 11.6 Å². The summed E-state index contributed by atoms with van der Waals surface area (Å²) in [6, 6.07) is 3.34. The smallest absolute Gasteiger partial charge is 0.163 e. The summed E-state index contributed by atoms with van der Waals surface area (Å²) in [5.74, 6) is 3.34. The molecule has 0 aliphatic heterocycles. The van der Waals surface area contributed by atoms with Crippen LogP contribution in [-0.2, 0) is 0 Å². The lowest BCUT2D eigenvalue weighted by Crippen LogP contribution is -2.27. The molecule has 4 heteroatoms. The highest BCUT2D eigenvalue weighted by Crippen LogP contribution is 2.18. The number of halogens is 2. The maximum Gasteiger partial charge on any atom is 0.163 e. The van der Waals surface area contributed by atoms with E-state index in [1.54, 1.807) is 0 Å². The highest BCUT2D eigenvalue weighted by Gasteiger charge is 2.13. The summed E-state index contributed by atoms with van der Waals surface area (Å²) < 4.78 is 25.8. The Morgan fingerprint density at radius 1 is 1.46 bits per heavy atom. The van der Waals surface area contributed by atoms with Crippen LogP contribution in [0.3, 0.4) is 0 Å². The van der Waals surface area contributed by atoms with Crippen molar-refractivity contribution in [1.29, 1.82) is 0 Å². The van der Waals surface area contributed by atoms with Crippen LogP contribution >= 0.6 is 0 Å². The molecule has 0 aliphatic rings. The van der Waals surface area contributed by atoms with E-state index in [9.17, 15) is 8.78 Å². The van der Waals surface area contributed by atoms with Crippen molar-refractivity contribution < 1.29 is 8.78 Å². The van der Waals surface area contributed by atoms with Crippen LogP contribution in [0.25, 0.3) is 0 Å². The minimum absolute atomic E-state index is 0.150. The van der Waals surface area contributed by atoms with E-state index in [0.29, 0.717) is 0 Å². The third-order valence-corrected chi connectivity index (χ3v) is 1.73. The Labute approximate surface area is 75.0 Å². The van der Waals surface area contributed by atoms with Crippen molar-refractivity contribution in [3.8, 4) is 0 Å². The summed E-state index contributed by atoms with van der Waals surface area (Å²) in [4.78, 5) is 0. The van der Waals surface area contributed by atoms with E-state index < -0.39 is 17.7 Å². The molecular weight excluding hydrogens is 174 g/mol. The summed E-state index contributed by atoms with van der Waals surface area (Å²) in [6.07, 6.45) is 1.40. The van der Waals surface area contributed by atoms with Gasteiger partial charge >= 0.3 is 0 Å². The Kier molecular flexibility index (Phi) is 3.11. The topological polar surface area (TPSA) is 38.0 Å². The van der Waals surface area contributed by atoms with Gasteiger partial charge in [0.15, 0.2) is 11.6 Å². The Bertz CT molecular complexity index is 312. The first kappa shape index (κ1) is 9.83. The summed E-state index contributed by atoms with van der Waals surface area (Å²) in [5, 5.41) is 0. The number of hydrogen-bond acceptors (Lipinski definition) is 2. The molecule has 0 amide bonds. The molecule has 0 spiro atoms. The number of rotatable bonds is 3. The molecule has 0 saturated heterocycles. The normalized spacial score (nSPS) is 12.5. The zero-order valence-electron chi connectivity index (χ0n) is 6.93. The van der Waals surface area contributed by atoms with Gasteiger partial charge in [-0.1, -0.05) is 18.2 Å². The lowest BCUT2D eigenvalue weighted by Gasteiger charge is -2.12. The second-order valence-electron chi connectivity index (χ2n) is 2.52. The molecule has 0 fully saturated rings. The summed E-state index contributed by atoms with van der Waals surface area (Å²) in [6.45, 7) is 3.45. The fourth-order valence-corrected chi connectivity index (χ4v) is 1.05. The molecule has 1 aromatic rings. The van der Waals surface area contributed by atoms with E-state index in [2.05, 4.69) is 12.0 Å². The molecule has 2 nitrogen and oxygen atoms in total. The lowest BCUT2D eigenvalue weighted by molar-refractivity contribution is 0.485. The van der Waals surface area contributed by atoms with Crippen LogP contribution in [0.5, 0.6) is 0 Å². The van der Waals surface area contributed by atoms with Gasteiger partial charge in [0.05, 0.1) is 6.04 Å². The predicted octanol–water partition coefficient (Wildman–Crippen LogP) is 1.66. The van der Waals surface area contributed by atoms with Gasteiger partial charge in [0.1, 0.15) is 0 Å². The van der Waals surface area contributed by atoms with Crippen LogP contribution in [-0.4, -0.2) is 0 Å². The third-order valence-electron chi connectivity index (χ3n) is 1.73. The van der Waals surface area contributed by atoms with Gasteiger partial charge in [0, 0.05) is 5.56 Å². The Hall–Kier alpha value is -1.26. The van der Waals surface area contributed by atoms with Crippen LogP contribution in [0, 0.1) is 11.6 Å². The molecule has 0 bridgehead atoms. The minimum atomic E-state index is -0.898. The molecule has 0 aromatic heterocycles. The maximum atomic E-state index is 13.1. The largest absolute Gasteiger partial charge is 0.271 e. The molecule has 0 saturated carbocycles. The van der Waals surface area contributed by atoms with Crippen LogP contribution in [0.4, 0.5) is 8.78 Å². The van der Waals surface area contributed by atoms with Gasteiger partial charge in [0.25, 0.3) is 0 Å². The average Bonchev–Trinajstić information content (AvgIpc) is 2.14. The van der Waals surface area contributed by atoms with Crippen LogP contribution in [0.2, 0.25) is 0 Å². The lowest BCUT2D eigenvalue weighted by atomic mass is 10.1. The summed E-state index contributed by atoms with van der Waals surface area (Å²) >= 11 is 0. The van der Waals surface area contributed by atoms with Crippen LogP contribution < -0.4 is 11.3 Å². The van der Waals surface area contributed by atoms with Gasteiger partial charge in [-0.2, -0.15) is 0 Å². The standard InChI is InChI=1S/C9H10F2N2/c1-2-8(13-12)6-4-3-5-7(10)9(6)11/h2-5,8,13H,1,12H2. The van der Waals surface area contributed by atoms with E-state index in [0.717, 1.165) is 6.07 Å². The summed E-state index contributed by atoms with van der Waals surface area (Å²) in [5.41, 5.74) is 2.46. The molecule has 0 aliphatic carbocycles. The van der Waals surface area contributed by atoms with Gasteiger partial charge in [0.2, 0.25) is 0 Å². The second kappa shape index (κ2) is 4.11. The van der Waals surface area contributed by atoms with Gasteiger partial charge in [-0.25, -0.2) is 14.2 Å². The molecule has 0 radical (unpaired) electrons. The zero-order valence-corrected chi connectivity index (χ0v) is 6.93. The van der Waals surface area contributed by atoms with E-state index in [1.807, 2.05) is 0 Å². The van der Waals surface area contributed by atoms with Gasteiger partial charge in [-0.15, -0.1) is 6.58 Å². The number of hydrogen-bond donors (Lipinski definition) is 2. The number of nitrogens with two attached hydrogens (primary N) is 1. The molecule has 1 unspecified atom stereocenters. The van der Waals surface area contributed by atoms with Crippen molar-refractivity contribution in [3.05, 3.63) is 48.1 Å². The zero-order chi connectivity index (χ0) is 9.84. The Morgan fingerprint density at radius 3 is 2.69 bits per heavy atom. The van der Waals surface area contributed by atoms with Gasteiger partial charge in [-0.3, -0.25) is 5.84 Å². The predicted molar refractivity (Wildman–Crippen MR) is 46.6 cm³/mol. The molecule has 1 rings (SSSR count). The van der Waals surface area contributed by atoms with E-state index in [1.165, 1.54) is 18.2 Å². The fraction of sp³-hybridized carbons (Fsp3) is 0.111. The number of benzene rings is 1. The number of nitrogens with one attached hydrogen (secondary N) is 1. The van der Waals surface area contributed by atoms with Gasteiger partial charge < -0.3 is 0 Å². The molecule has 0 heterocycles. The third kappa shape index (κ3) is 1.91. The molecule has 70 valence electrons. The molecule has 1 atom stereocenters. The molecule has 1 aromatic carbocycles. The van der Waals surface area contributed by atoms with E-state index in [-0.39, 0.29) is 5.56 Å².